The lowest BCUT2D eigenvalue weighted by Crippen LogP contribution is -2.53. The van der Waals surface area contributed by atoms with Gasteiger partial charge in [-0.3, -0.25) is 14.5 Å². The first-order valence-electron chi connectivity index (χ1n) is 12.2. The number of carbonyl (C=O) groups is 3. The number of aryl methyl sites for hydroxylation is 1. The van der Waals surface area contributed by atoms with Crippen LogP contribution in [0, 0.1) is 37.7 Å². The van der Waals surface area contributed by atoms with Gasteiger partial charge in [-0.25, -0.2) is 4.79 Å². The number of hydrogen-bond acceptors (Lipinski definition) is 4. The minimum Gasteiger partial charge on any atom is -0.444 e. The van der Waals surface area contributed by atoms with Crippen LogP contribution in [0.2, 0.25) is 5.02 Å². The number of benzene rings is 2. The third-order valence-electron chi connectivity index (χ3n) is 5.90. The Labute approximate surface area is 230 Å². The number of halogens is 1. The second-order valence-corrected chi connectivity index (χ2v) is 10.3. The molecule has 0 radical (unpaired) electrons. The molecule has 0 fully saturated rings. The Morgan fingerprint density at radius 3 is 2.24 bits per heavy atom. The number of anilines is 1. The van der Waals surface area contributed by atoms with Crippen molar-refractivity contribution in [3.05, 3.63) is 64.2 Å². The Bertz CT molecular complexity index is 1230. The monoisotopic (exact) mass is 535 g/mol. The molecule has 0 aliphatic heterocycles. The fourth-order valence-electron chi connectivity index (χ4n) is 3.69. The summed E-state index contributed by atoms with van der Waals surface area (Å²) >= 11 is 6.34. The third-order valence-corrected chi connectivity index (χ3v) is 6.21. The zero-order chi connectivity index (χ0) is 28.6. The molecule has 2 N–H and O–H groups in total. The lowest BCUT2D eigenvalue weighted by Gasteiger charge is -2.32. The van der Waals surface area contributed by atoms with E-state index < -0.39 is 35.6 Å². The van der Waals surface area contributed by atoms with Crippen molar-refractivity contribution in [2.24, 2.45) is 5.92 Å². The number of alkyl carbamates (subject to hydrolysis) is 1. The Hall–Kier alpha value is -3.94. The van der Waals surface area contributed by atoms with Gasteiger partial charge < -0.3 is 15.4 Å². The van der Waals surface area contributed by atoms with E-state index in [4.69, 9.17) is 29.2 Å². The van der Waals surface area contributed by atoms with E-state index in [1.165, 1.54) is 0 Å². The predicted octanol–water partition coefficient (Wildman–Crippen LogP) is 5.67. The molecule has 0 heterocycles. The van der Waals surface area contributed by atoms with E-state index >= 15 is 0 Å². The number of nitrogens with zero attached hydrogens (tertiary/aromatic N) is 1. The first kappa shape index (κ1) is 30.3. The molecule has 0 aromatic heterocycles. The molecule has 7 nitrogen and oxygen atoms in total. The van der Waals surface area contributed by atoms with Crippen molar-refractivity contribution < 1.29 is 19.1 Å². The Balaban J connectivity index is 2.54. The fraction of sp³-hybridized carbons (Fsp3) is 0.367. The largest absolute Gasteiger partial charge is 0.444 e. The number of amides is 3. The van der Waals surface area contributed by atoms with Gasteiger partial charge in [-0.15, -0.1) is 6.42 Å². The molecule has 0 saturated heterocycles. The number of rotatable bonds is 8. The summed E-state index contributed by atoms with van der Waals surface area (Å²) in [6.07, 6.45) is 11.1. The maximum Gasteiger partial charge on any atom is 0.408 e. The molecule has 200 valence electrons. The topological polar surface area (TPSA) is 87.7 Å². The summed E-state index contributed by atoms with van der Waals surface area (Å²) in [6, 6.07) is 11.9. The molecule has 3 atom stereocenters. The smallest absolute Gasteiger partial charge is 0.408 e. The minimum absolute atomic E-state index is 0.316. The van der Waals surface area contributed by atoms with Gasteiger partial charge in [0.25, 0.3) is 11.8 Å². The minimum atomic E-state index is -1.25. The summed E-state index contributed by atoms with van der Waals surface area (Å²) in [4.78, 5) is 41.2. The van der Waals surface area contributed by atoms with Crippen LogP contribution in [0.25, 0.3) is 0 Å². The van der Waals surface area contributed by atoms with Gasteiger partial charge in [-0.1, -0.05) is 68.5 Å². The Morgan fingerprint density at radius 1 is 1.11 bits per heavy atom. The zero-order valence-electron chi connectivity index (χ0n) is 22.6. The van der Waals surface area contributed by atoms with Gasteiger partial charge in [0.05, 0.1) is 10.7 Å². The second kappa shape index (κ2) is 13.0. The van der Waals surface area contributed by atoms with Crippen molar-refractivity contribution in [2.75, 3.05) is 5.32 Å². The van der Waals surface area contributed by atoms with Gasteiger partial charge in [0, 0.05) is 11.6 Å². The molecule has 38 heavy (non-hydrogen) atoms. The van der Waals surface area contributed by atoms with Crippen molar-refractivity contribution in [1.29, 1.82) is 0 Å². The van der Waals surface area contributed by atoms with E-state index in [1.54, 1.807) is 77.1 Å². The summed E-state index contributed by atoms with van der Waals surface area (Å²) in [5.74, 6) is 0.991. The number of para-hydroxylation sites is 1. The van der Waals surface area contributed by atoms with Gasteiger partial charge in [0.1, 0.15) is 17.7 Å². The summed E-state index contributed by atoms with van der Waals surface area (Å²) in [5, 5.41) is 5.80. The number of ether oxygens (including phenoxy) is 1. The molecule has 0 spiro atoms. The van der Waals surface area contributed by atoms with E-state index in [-0.39, 0.29) is 5.92 Å². The molecular weight excluding hydrogens is 502 g/mol. The molecule has 0 aliphatic carbocycles. The average Bonchev–Trinajstić information content (AvgIpc) is 2.86. The summed E-state index contributed by atoms with van der Waals surface area (Å²) in [6.45, 7) is 10.6. The van der Waals surface area contributed by atoms with Crippen LogP contribution in [0.5, 0.6) is 0 Å². The van der Waals surface area contributed by atoms with Crippen LogP contribution in [0.4, 0.5) is 10.5 Å². The molecule has 8 heteroatoms. The number of nitrogens with one attached hydrogen (secondary N) is 2. The van der Waals surface area contributed by atoms with Crippen LogP contribution < -0.4 is 10.6 Å². The molecule has 2 aromatic carbocycles. The summed E-state index contributed by atoms with van der Waals surface area (Å²) < 4.78 is 5.36. The fourth-order valence-corrected chi connectivity index (χ4v) is 3.96. The highest BCUT2D eigenvalue weighted by Crippen LogP contribution is 2.30. The highest BCUT2D eigenvalue weighted by atomic mass is 35.5. The molecule has 0 saturated carbocycles. The highest BCUT2D eigenvalue weighted by Gasteiger charge is 2.38. The standard InChI is InChI=1S/C30H34ClN3O4/c1-9-19(4)25(33-29(37)38-30(6,7)8)28(36)34(11-3)26(22-17-15-21(10-2)16-18-22)27(35)32-24-20(5)13-12-14-23(24)31/h2-3,12-19,25-26H,9H2,1,4-8H3,(H,32,35)(H,33,37). The Kier molecular flexibility index (Phi) is 10.4. The van der Waals surface area contributed by atoms with Crippen molar-refractivity contribution in [2.45, 2.75) is 65.6 Å². The van der Waals surface area contributed by atoms with Crippen LogP contribution in [0.1, 0.15) is 63.8 Å². The van der Waals surface area contributed by atoms with Crippen molar-refractivity contribution in [1.82, 2.24) is 10.2 Å². The molecule has 2 rings (SSSR count). The van der Waals surface area contributed by atoms with Crippen LogP contribution in [0.15, 0.2) is 42.5 Å². The Morgan fingerprint density at radius 2 is 1.74 bits per heavy atom. The third kappa shape index (κ3) is 7.78. The first-order valence-corrected chi connectivity index (χ1v) is 12.6. The van der Waals surface area contributed by atoms with Gasteiger partial charge in [0.2, 0.25) is 0 Å². The second-order valence-electron chi connectivity index (χ2n) is 9.94. The SMILES string of the molecule is C#Cc1ccc(C(C(=O)Nc2c(C)cccc2Cl)N(C#C)C(=O)C(NC(=O)OC(C)(C)C)C(C)CC)cc1. The maximum absolute atomic E-state index is 13.9. The maximum atomic E-state index is 13.9. The summed E-state index contributed by atoms with van der Waals surface area (Å²) in [5.41, 5.74) is 1.39. The molecule has 0 bridgehead atoms. The van der Waals surface area contributed by atoms with Gasteiger partial charge in [-0.2, -0.15) is 0 Å². The molecule has 3 amide bonds. The normalized spacial score (nSPS) is 13.2. The molecule has 2 aromatic rings. The predicted molar refractivity (Wildman–Crippen MR) is 150 cm³/mol. The van der Waals surface area contributed by atoms with E-state index in [0.29, 0.717) is 28.3 Å². The van der Waals surface area contributed by atoms with E-state index in [0.717, 1.165) is 10.5 Å². The van der Waals surface area contributed by atoms with Crippen molar-refractivity contribution in [3.63, 3.8) is 0 Å². The van der Waals surface area contributed by atoms with E-state index in [9.17, 15) is 14.4 Å². The lowest BCUT2D eigenvalue weighted by atomic mass is 9.96. The van der Waals surface area contributed by atoms with E-state index in [2.05, 4.69) is 22.6 Å². The van der Waals surface area contributed by atoms with Crippen molar-refractivity contribution in [3.8, 4) is 24.8 Å². The summed E-state index contributed by atoms with van der Waals surface area (Å²) in [7, 11) is 0. The quantitative estimate of drug-likeness (QED) is 0.337. The molecule has 0 aliphatic rings. The number of carbonyl (C=O) groups excluding carboxylic acids is 3. The van der Waals surface area contributed by atoms with Crippen LogP contribution in [-0.2, 0) is 14.3 Å². The van der Waals surface area contributed by atoms with Gasteiger partial charge in [-0.05, 0) is 62.9 Å². The first-order chi connectivity index (χ1) is 17.8. The van der Waals surface area contributed by atoms with E-state index in [1.807, 2.05) is 6.92 Å². The van der Waals surface area contributed by atoms with Crippen LogP contribution in [0.3, 0.4) is 0 Å². The highest BCUT2D eigenvalue weighted by molar-refractivity contribution is 6.34. The average molecular weight is 536 g/mol. The zero-order valence-corrected chi connectivity index (χ0v) is 23.3. The lowest BCUT2D eigenvalue weighted by molar-refractivity contribution is -0.137. The van der Waals surface area contributed by atoms with Crippen LogP contribution >= 0.6 is 11.6 Å². The number of terminal acetylenes is 2. The van der Waals surface area contributed by atoms with Crippen LogP contribution in [-0.4, -0.2) is 34.5 Å². The molecular formula is C30H34ClN3O4. The van der Waals surface area contributed by atoms with Gasteiger partial charge >= 0.3 is 6.09 Å². The molecule has 3 unspecified atom stereocenters. The van der Waals surface area contributed by atoms with Crippen molar-refractivity contribution >= 4 is 35.2 Å². The van der Waals surface area contributed by atoms with Gasteiger partial charge in [0.15, 0.2) is 0 Å². The number of hydrogen-bond donors (Lipinski definition) is 2.